The van der Waals surface area contributed by atoms with Gasteiger partial charge in [0.05, 0.1) is 12.1 Å². The highest BCUT2D eigenvalue weighted by Gasteiger charge is 2.31. The largest absolute Gasteiger partial charge is 0.367 e. The van der Waals surface area contributed by atoms with Crippen LogP contribution in [0.2, 0.25) is 0 Å². The van der Waals surface area contributed by atoms with E-state index in [1.54, 1.807) is 23.2 Å². The van der Waals surface area contributed by atoms with Gasteiger partial charge in [-0.15, -0.1) is 0 Å². The van der Waals surface area contributed by atoms with Crippen LogP contribution in [-0.4, -0.2) is 61.3 Å². The molecule has 8 heteroatoms. The van der Waals surface area contributed by atoms with Crippen molar-refractivity contribution >= 4 is 26.8 Å². The Morgan fingerprint density at radius 2 is 1.77 bits per heavy atom. The maximum atomic E-state index is 13.2. The van der Waals surface area contributed by atoms with Crippen LogP contribution < -0.4 is 0 Å². The fraction of sp³-hybridized carbons (Fsp3) is 0.304. The summed E-state index contributed by atoms with van der Waals surface area (Å²) >= 11 is 0. The number of carbonyl (C=O) groups excluding carboxylic acids is 1. The molecule has 31 heavy (non-hydrogen) atoms. The predicted octanol–water partition coefficient (Wildman–Crippen LogP) is 2.59. The lowest BCUT2D eigenvalue weighted by Gasteiger charge is -2.34. The number of piperazine rings is 1. The van der Waals surface area contributed by atoms with Gasteiger partial charge >= 0.3 is 0 Å². The number of nitrogens with zero attached hydrogens (tertiary/aromatic N) is 3. The average molecular weight is 440 g/mol. The van der Waals surface area contributed by atoms with Crippen molar-refractivity contribution in [2.24, 2.45) is 0 Å². The zero-order valence-corrected chi connectivity index (χ0v) is 18.2. The van der Waals surface area contributed by atoms with Crippen LogP contribution in [0.4, 0.5) is 0 Å². The number of aryl methyl sites for hydroxylation is 1. The van der Waals surface area contributed by atoms with Crippen molar-refractivity contribution in [3.63, 3.8) is 0 Å². The van der Waals surface area contributed by atoms with Gasteiger partial charge in [-0.3, -0.25) is 9.78 Å². The van der Waals surface area contributed by atoms with Crippen LogP contribution in [0.1, 0.15) is 11.1 Å². The molecular weight excluding hydrogens is 414 g/mol. The zero-order valence-electron chi connectivity index (χ0n) is 17.4. The molecule has 3 aromatic rings. The fourth-order valence-corrected chi connectivity index (χ4v) is 5.28. The molecule has 1 aliphatic heterocycles. The summed E-state index contributed by atoms with van der Waals surface area (Å²) in [6, 6.07) is 16.8. The van der Waals surface area contributed by atoms with E-state index in [1.165, 1.54) is 4.31 Å². The Labute approximate surface area is 182 Å². The molecule has 1 saturated heterocycles. The van der Waals surface area contributed by atoms with Gasteiger partial charge in [0.2, 0.25) is 15.9 Å². The number of carbonyl (C=O) groups is 1. The molecule has 1 aromatic heterocycles. The number of aromatic nitrogens is 1. The van der Waals surface area contributed by atoms with Gasteiger partial charge in [-0.1, -0.05) is 42.5 Å². The van der Waals surface area contributed by atoms with Gasteiger partial charge in [0, 0.05) is 37.8 Å². The molecule has 0 radical (unpaired) electrons. The van der Waals surface area contributed by atoms with Gasteiger partial charge in [0.15, 0.2) is 0 Å². The van der Waals surface area contributed by atoms with Crippen molar-refractivity contribution in [3.05, 3.63) is 71.9 Å². The lowest BCUT2D eigenvalue weighted by molar-refractivity contribution is -0.137. The standard InChI is InChI=1S/C23H25N3O4S/c1-18-14-20-8-5-9-21(23(20)24-15-18)31(28,29)26-12-10-25(11-13-26)22(27)17-30-16-19-6-3-2-4-7-19/h2-9,14-15H,10-13,16-17H2,1H3. The van der Waals surface area contributed by atoms with Crippen molar-refractivity contribution in [3.8, 4) is 0 Å². The molecule has 4 rings (SSSR count). The van der Waals surface area contributed by atoms with E-state index in [1.807, 2.05) is 49.4 Å². The highest BCUT2D eigenvalue weighted by Crippen LogP contribution is 2.25. The van der Waals surface area contributed by atoms with E-state index in [0.717, 1.165) is 16.5 Å². The molecular formula is C23H25N3O4S. The monoisotopic (exact) mass is 439 g/mol. The van der Waals surface area contributed by atoms with Crippen molar-refractivity contribution in [1.29, 1.82) is 0 Å². The normalized spacial score (nSPS) is 15.3. The molecule has 2 heterocycles. The molecule has 2 aromatic carbocycles. The fourth-order valence-electron chi connectivity index (χ4n) is 3.69. The van der Waals surface area contributed by atoms with Gasteiger partial charge in [0.1, 0.15) is 11.5 Å². The summed E-state index contributed by atoms with van der Waals surface area (Å²) in [5, 5.41) is 0.797. The summed E-state index contributed by atoms with van der Waals surface area (Å²) in [6.45, 7) is 3.44. The molecule has 7 nitrogen and oxygen atoms in total. The maximum absolute atomic E-state index is 13.2. The van der Waals surface area contributed by atoms with E-state index >= 15 is 0 Å². The minimum absolute atomic E-state index is 0.0196. The average Bonchev–Trinajstić information content (AvgIpc) is 2.79. The summed E-state index contributed by atoms with van der Waals surface area (Å²) in [6.07, 6.45) is 1.67. The van der Waals surface area contributed by atoms with Crippen molar-refractivity contribution in [1.82, 2.24) is 14.2 Å². The van der Waals surface area contributed by atoms with E-state index in [9.17, 15) is 13.2 Å². The first-order valence-electron chi connectivity index (χ1n) is 10.2. The Hall–Kier alpha value is -2.81. The predicted molar refractivity (Wildman–Crippen MR) is 118 cm³/mol. The number of ether oxygens (including phenoxy) is 1. The van der Waals surface area contributed by atoms with Gasteiger partial charge in [0.25, 0.3) is 0 Å². The van der Waals surface area contributed by atoms with Gasteiger partial charge in [-0.05, 0) is 30.2 Å². The molecule has 0 aliphatic carbocycles. The number of benzene rings is 2. The number of hydrogen-bond donors (Lipinski definition) is 0. The SMILES string of the molecule is Cc1cnc2c(S(=O)(=O)N3CCN(C(=O)COCc4ccccc4)CC3)cccc2c1. The Bertz CT molecular complexity index is 1170. The van der Waals surface area contributed by atoms with Gasteiger partial charge < -0.3 is 9.64 Å². The third-order valence-corrected chi connectivity index (χ3v) is 7.29. The van der Waals surface area contributed by atoms with Crippen LogP contribution in [0.3, 0.4) is 0 Å². The van der Waals surface area contributed by atoms with Crippen LogP contribution in [0.5, 0.6) is 0 Å². The van der Waals surface area contributed by atoms with Crippen molar-refractivity contribution in [2.45, 2.75) is 18.4 Å². The van der Waals surface area contributed by atoms with Crippen LogP contribution in [0, 0.1) is 6.92 Å². The number of pyridine rings is 1. The lowest BCUT2D eigenvalue weighted by Crippen LogP contribution is -2.51. The summed E-state index contributed by atoms with van der Waals surface area (Å²) in [5.41, 5.74) is 2.45. The number of sulfonamides is 1. The molecule has 0 bridgehead atoms. The Morgan fingerprint density at radius 3 is 2.52 bits per heavy atom. The van der Waals surface area contributed by atoms with Crippen LogP contribution in [-0.2, 0) is 26.2 Å². The first-order chi connectivity index (χ1) is 14.9. The minimum atomic E-state index is -3.70. The highest BCUT2D eigenvalue weighted by atomic mass is 32.2. The third-order valence-electron chi connectivity index (χ3n) is 5.36. The molecule has 0 N–H and O–H groups in total. The molecule has 0 atom stereocenters. The van der Waals surface area contributed by atoms with Crippen LogP contribution in [0.25, 0.3) is 10.9 Å². The number of fused-ring (bicyclic) bond motifs is 1. The third kappa shape index (κ3) is 4.76. The molecule has 1 amide bonds. The number of hydrogen-bond acceptors (Lipinski definition) is 5. The summed E-state index contributed by atoms with van der Waals surface area (Å²) in [4.78, 5) is 18.7. The quantitative estimate of drug-likeness (QED) is 0.590. The summed E-state index contributed by atoms with van der Waals surface area (Å²) in [7, 11) is -3.70. The van der Waals surface area contributed by atoms with Crippen molar-refractivity contribution < 1.29 is 17.9 Å². The zero-order chi connectivity index (χ0) is 21.8. The molecule has 1 aliphatic rings. The summed E-state index contributed by atoms with van der Waals surface area (Å²) < 4.78 is 33.5. The topological polar surface area (TPSA) is 79.8 Å². The second kappa shape index (κ2) is 9.13. The molecule has 1 fully saturated rings. The number of rotatable bonds is 6. The van der Waals surface area contributed by atoms with Gasteiger partial charge in [-0.2, -0.15) is 4.31 Å². The second-order valence-electron chi connectivity index (χ2n) is 7.60. The molecule has 0 saturated carbocycles. The first-order valence-corrected chi connectivity index (χ1v) is 11.6. The number of para-hydroxylation sites is 1. The van der Waals surface area contributed by atoms with Crippen LogP contribution >= 0.6 is 0 Å². The molecule has 0 spiro atoms. The summed E-state index contributed by atoms with van der Waals surface area (Å²) in [5.74, 6) is -0.129. The van der Waals surface area contributed by atoms with Crippen molar-refractivity contribution in [2.75, 3.05) is 32.8 Å². The lowest BCUT2D eigenvalue weighted by atomic mass is 10.2. The van der Waals surface area contributed by atoms with E-state index in [2.05, 4.69) is 4.98 Å². The Kier molecular flexibility index (Phi) is 6.31. The Balaban J connectivity index is 1.37. The first kappa shape index (κ1) is 21.4. The second-order valence-corrected chi connectivity index (χ2v) is 9.51. The minimum Gasteiger partial charge on any atom is -0.367 e. The van der Waals surface area contributed by atoms with E-state index in [4.69, 9.17) is 4.74 Å². The van der Waals surface area contributed by atoms with E-state index < -0.39 is 10.0 Å². The molecule has 162 valence electrons. The number of amides is 1. The smallest absolute Gasteiger partial charge is 0.248 e. The van der Waals surface area contributed by atoms with Crippen LogP contribution in [0.15, 0.2) is 65.7 Å². The Morgan fingerprint density at radius 1 is 1.03 bits per heavy atom. The van der Waals surface area contributed by atoms with E-state index in [-0.39, 0.29) is 30.5 Å². The molecule has 0 unspecified atom stereocenters. The maximum Gasteiger partial charge on any atom is 0.248 e. The van der Waals surface area contributed by atoms with E-state index in [0.29, 0.717) is 25.2 Å². The highest BCUT2D eigenvalue weighted by molar-refractivity contribution is 7.89. The van der Waals surface area contributed by atoms with Gasteiger partial charge in [-0.25, -0.2) is 8.42 Å².